The number of nitriles is 1. The lowest BCUT2D eigenvalue weighted by atomic mass is 10.3. The van der Waals surface area contributed by atoms with Gasteiger partial charge >= 0.3 is 0 Å². The lowest BCUT2D eigenvalue weighted by molar-refractivity contribution is 0.600. The van der Waals surface area contributed by atoms with Crippen LogP contribution in [0.5, 0.6) is 0 Å². The number of pyridine rings is 1. The number of hydrogen-bond acceptors (Lipinski definition) is 4. The number of sulfonamides is 1. The molecule has 0 amide bonds. The highest BCUT2D eigenvalue weighted by Crippen LogP contribution is 2.26. The molecule has 1 N–H and O–H groups in total. The minimum atomic E-state index is -3.92. The van der Waals surface area contributed by atoms with E-state index in [-0.39, 0.29) is 21.3 Å². The zero-order chi connectivity index (χ0) is 14.8. The zero-order valence-corrected chi connectivity index (χ0v) is 12.2. The number of nitrogens with zero attached hydrogens (tertiary/aromatic N) is 2. The molecule has 8 heteroatoms. The molecule has 0 saturated carbocycles. The summed E-state index contributed by atoms with van der Waals surface area (Å²) < 4.78 is 26.7. The Balaban J connectivity index is 2.41. The molecule has 2 aromatic rings. The summed E-state index contributed by atoms with van der Waals surface area (Å²) in [6.07, 6.45) is 1.34. The van der Waals surface area contributed by atoms with E-state index in [0.29, 0.717) is 5.02 Å². The minimum absolute atomic E-state index is 0.180. The van der Waals surface area contributed by atoms with Gasteiger partial charge in [0.15, 0.2) is 5.69 Å². The number of hydrogen-bond donors (Lipinski definition) is 1. The highest BCUT2D eigenvalue weighted by atomic mass is 35.5. The van der Waals surface area contributed by atoms with Gasteiger partial charge in [0, 0.05) is 6.20 Å². The molecule has 5 nitrogen and oxygen atoms in total. The fraction of sp³-hybridized carbons (Fsp3) is 0. The molecular weight excluding hydrogens is 321 g/mol. The van der Waals surface area contributed by atoms with Gasteiger partial charge in [0.05, 0.1) is 15.7 Å². The summed E-state index contributed by atoms with van der Waals surface area (Å²) >= 11 is 11.6. The number of nitrogens with one attached hydrogen (secondary N) is 1. The van der Waals surface area contributed by atoms with Gasteiger partial charge in [0.25, 0.3) is 10.0 Å². The Morgan fingerprint density at radius 1 is 1.20 bits per heavy atom. The van der Waals surface area contributed by atoms with Crippen molar-refractivity contribution >= 4 is 38.9 Å². The maximum Gasteiger partial charge on any atom is 0.264 e. The Morgan fingerprint density at radius 3 is 2.60 bits per heavy atom. The molecule has 0 aliphatic heterocycles. The summed E-state index contributed by atoms with van der Waals surface area (Å²) in [7, 11) is -3.92. The molecule has 2 rings (SSSR count). The first kappa shape index (κ1) is 14.6. The lowest BCUT2D eigenvalue weighted by Gasteiger charge is -2.09. The van der Waals surface area contributed by atoms with Gasteiger partial charge < -0.3 is 0 Å². The van der Waals surface area contributed by atoms with E-state index in [9.17, 15) is 8.42 Å². The van der Waals surface area contributed by atoms with Crippen LogP contribution >= 0.6 is 23.2 Å². The van der Waals surface area contributed by atoms with E-state index >= 15 is 0 Å². The first-order valence-electron chi connectivity index (χ1n) is 5.27. The van der Waals surface area contributed by atoms with E-state index in [4.69, 9.17) is 28.5 Å². The SMILES string of the molecule is N#Cc1ncccc1S(=O)(=O)Nc1ccc(Cl)c(Cl)c1. The summed E-state index contributed by atoms with van der Waals surface area (Å²) in [4.78, 5) is 3.51. The second kappa shape index (κ2) is 5.67. The van der Waals surface area contributed by atoms with Gasteiger partial charge in [0.2, 0.25) is 0 Å². The highest BCUT2D eigenvalue weighted by molar-refractivity contribution is 7.92. The van der Waals surface area contributed by atoms with Crippen LogP contribution in [0.3, 0.4) is 0 Å². The maximum atomic E-state index is 12.2. The fourth-order valence-corrected chi connectivity index (χ4v) is 2.92. The standard InChI is InChI=1S/C12H7Cl2N3O2S/c13-9-4-3-8(6-10(9)14)17-20(18,19)12-2-1-5-16-11(12)7-15/h1-6,17H. The Morgan fingerprint density at radius 2 is 1.95 bits per heavy atom. The van der Waals surface area contributed by atoms with Crippen LogP contribution in [0.15, 0.2) is 41.4 Å². The molecule has 1 heterocycles. The topological polar surface area (TPSA) is 82.8 Å². The summed E-state index contributed by atoms with van der Waals surface area (Å²) in [5, 5.41) is 9.42. The first-order valence-corrected chi connectivity index (χ1v) is 7.51. The molecule has 102 valence electrons. The Labute approximate surface area is 125 Å². The van der Waals surface area contributed by atoms with Crippen LogP contribution in [0.25, 0.3) is 0 Å². The molecule has 0 fully saturated rings. The third-order valence-corrected chi connectivity index (χ3v) is 4.49. The predicted molar refractivity (Wildman–Crippen MR) is 76.2 cm³/mol. The van der Waals surface area contributed by atoms with Crippen molar-refractivity contribution in [1.82, 2.24) is 4.98 Å². The number of benzene rings is 1. The molecule has 1 aromatic heterocycles. The van der Waals surface area contributed by atoms with E-state index in [0.717, 1.165) is 0 Å². The van der Waals surface area contributed by atoms with Crippen LogP contribution in [0.1, 0.15) is 5.69 Å². The molecule has 0 saturated heterocycles. The van der Waals surface area contributed by atoms with Gasteiger partial charge in [-0.05, 0) is 30.3 Å². The molecule has 0 aliphatic carbocycles. The average Bonchev–Trinajstić information content (AvgIpc) is 2.42. The molecule has 0 atom stereocenters. The third-order valence-electron chi connectivity index (χ3n) is 2.34. The Hall–Kier alpha value is -1.81. The molecular formula is C12H7Cl2N3O2S. The first-order chi connectivity index (χ1) is 9.44. The predicted octanol–water partition coefficient (Wildman–Crippen LogP) is 3.06. The van der Waals surface area contributed by atoms with Gasteiger partial charge in [-0.1, -0.05) is 23.2 Å². The van der Waals surface area contributed by atoms with Crippen LogP contribution in [-0.4, -0.2) is 13.4 Å². The molecule has 0 bridgehead atoms. The smallest absolute Gasteiger partial charge is 0.264 e. The van der Waals surface area contributed by atoms with Gasteiger partial charge in [0.1, 0.15) is 11.0 Å². The van der Waals surface area contributed by atoms with E-state index in [2.05, 4.69) is 9.71 Å². The second-order valence-electron chi connectivity index (χ2n) is 3.70. The van der Waals surface area contributed by atoms with Crippen LogP contribution in [0.4, 0.5) is 5.69 Å². The van der Waals surface area contributed by atoms with Crippen LogP contribution in [0, 0.1) is 11.3 Å². The fourth-order valence-electron chi connectivity index (χ4n) is 1.46. The monoisotopic (exact) mass is 327 g/mol. The van der Waals surface area contributed by atoms with E-state index < -0.39 is 10.0 Å². The molecule has 20 heavy (non-hydrogen) atoms. The number of anilines is 1. The summed E-state index contributed by atoms with van der Waals surface area (Å²) in [5.41, 5.74) is 0.0622. The highest BCUT2D eigenvalue weighted by Gasteiger charge is 2.19. The third kappa shape index (κ3) is 3.02. The maximum absolute atomic E-state index is 12.2. The second-order valence-corrected chi connectivity index (χ2v) is 6.16. The van der Waals surface area contributed by atoms with Crippen molar-refractivity contribution in [3.63, 3.8) is 0 Å². The van der Waals surface area contributed by atoms with Crippen molar-refractivity contribution < 1.29 is 8.42 Å². The van der Waals surface area contributed by atoms with Crippen molar-refractivity contribution in [2.75, 3.05) is 4.72 Å². The van der Waals surface area contributed by atoms with E-state index in [1.165, 1.54) is 36.5 Å². The van der Waals surface area contributed by atoms with Gasteiger partial charge in [-0.15, -0.1) is 0 Å². The van der Waals surface area contributed by atoms with Crippen LogP contribution < -0.4 is 4.72 Å². The number of halogens is 2. The number of aromatic nitrogens is 1. The lowest BCUT2D eigenvalue weighted by Crippen LogP contribution is -2.15. The Kier molecular flexibility index (Phi) is 4.14. The van der Waals surface area contributed by atoms with Crippen molar-refractivity contribution in [2.45, 2.75) is 4.90 Å². The molecule has 0 radical (unpaired) electrons. The van der Waals surface area contributed by atoms with E-state index in [1.807, 2.05) is 0 Å². The molecule has 0 aliphatic rings. The van der Waals surface area contributed by atoms with Gasteiger partial charge in [-0.2, -0.15) is 5.26 Å². The minimum Gasteiger partial charge on any atom is -0.279 e. The summed E-state index contributed by atoms with van der Waals surface area (Å²) in [5.74, 6) is 0. The van der Waals surface area contributed by atoms with Crippen molar-refractivity contribution in [3.05, 3.63) is 52.3 Å². The summed E-state index contributed by atoms with van der Waals surface area (Å²) in [6.45, 7) is 0. The van der Waals surface area contributed by atoms with Crippen molar-refractivity contribution in [2.24, 2.45) is 0 Å². The van der Waals surface area contributed by atoms with E-state index in [1.54, 1.807) is 6.07 Å². The van der Waals surface area contributed by atoms with Crippen LogP contribution in [0.2, 0.25) is 10.0 Å². The van der Waals surface area contributed by atoms with Gasteiger partial charge in [-0.25, -0.2) is 13.4 Å². The van der Waals surface area contributed by atoms with Gasteiger partial charge in [-0.3, -0.25) is 4.72 Å². The molecule has 0 unspecified atom stereocenters. The quantitative estimate of drug-likeness (QED) is 0.939. The van der Waals surface area contributed by atoms with Crippen molar-refractivity contribution in [3.8, 4) is 6.07 Å². The zero-order valence-electron chi connectivity index (χ0n) is 9.84. The van der Waals surface area contributed by atoms with Crippen molar-refractivity contribution in [1.29, 1.82) is 5.26 Å². The normalized spacial score (nSPS) is 10.8. The average molecular weight is 328 g/mol. The van der Waals surface area contributed by atoms with Crippen LogP contribution in [-0.2, 0) is 10.0 Å². The number of rotatable bonds is 3. The largest absolute Gasteiger partial charge is 0.279 e. The molecule has 1 aromatic carbocycles. The molecule has 0 spiro atoms. The Bertz CT molecular complexity index is 801. The summed E-state index contributed by atoms with van der Waals surface area (Å²) in [6, 6.07) is 8.78.